The first kappa shape index (κ1) is 16.2. The van der Waals surface area contributed by atoms with Gasteiger partial charge < -0.3 is 10.1 Å². The number of quaternary nitrogens is 1. The Bertz CT molecular complexity index is 519. The Morgan fingerprint density at radius 3 is 2.76 bits per heavy atom. The first-order valence-corrected chi connectivity index (χ1v) is 8.25. The van der Waals surface area contributed by atoms with Crippen molar-refractivity contribution >= 4 is 28.0 Å². The van der Waals surface area contributed by atoms with Crippen molar-refractivity contribution in [2.24, 2.45) is 5.92 Å². The van der Waals surface area contributed by atoms with Crippen molar-refractivity contribution in [3.8, 4) is 0 Å². The number of piperidine rings is 1. The molecule has 0 unspecified atom stereocenters. The van der Waals surface area contributed by atoms with Crippen LogP contribution in [-0.4, -0.2) is 24.7 Å². The predicted octanol–water partition coefficient (Wildman–Crippen LogP) is 2.76. The lowest BCUT2D eigenvalue weighted by Crippen LogP contribution is -2.86. The van der Waals surface area contributed by atoms with Crippen LogP contribution in [0.2, 0.25) is 0 Å². The smallest absolute Gasteiger partial charge is 0.331 e. The largest absolute Gasteiger partial charge is 0.456 e. The number of hydrogen-bond donors (Lipinski definition) is 1. The minimum atomic E-state index is -0.396. The summed E-state index contributed by atoms with van der Waals surface area (Å²) in [5, 5.41) is 2.32. The number of carbonyl (C=O) groups excluding carboxylic acids is 1. The molecule has 1 fully saturated rings. The van der Waals surface area contributed by atoms with E-state index in [1.165, 1.54) is 6.08 Å². The lowest BCUT2D eigenvalue weighted by Gasteiger charge is -2.35. The van der Waals surface area contributed by atoms with Gasteiger partial charge in [0.15, 0.2) is 0 Å². The van der Waals surface area contributed by atoms with E-state index in [1.807, 2.05) is 38.1 Å². The van der Waals surface area contributed by atoms with Gasteiger partial charge in [-0.25, -0.2) is 4.79 Å². The number of rotatable bonds is 4. The lowest BCUT2D eigenvalue weighted by molar-refractivity contribution is -0.665. The molecule has 1 saturated heterocycles. The summed E-state index contributed by atoms with van der Waals surface area (Å²) in [6.45, 7) is 6.29. The zero-order chi connectivity index (χ0) is 15.3. The van der Waals surface area contributed by atoms with Crippen LogP contribution in [0.15, 0.2) is 34.8 Å². The molecule has 0 atom stereocenters. The van der Waals surface area contributed by atoms with Crippen molar-refractivity contribution in [1.29, 1.82) is 0 Å². The molecule has 1 aromatic rings. The SMILES string of the molecule is CC(C)(OC(=O)/C=C/c1cccc(Br)c1)C1CC[NH2+]CC1. The summed E-state index contributed by atoms with van der Waals surface area (Å²) in [6.07, 6.45) is 5.52. The summed E-state index contributed by atoms with van der Waals surface area (Å²) in [5.74, 6) is 0.181. The normalized spacial score (nSPS) is 17.1. The monoisotopic (exact) mass is 352 g/mol. The van der Waals surface area contributed by atoms with Crippen molar-refractivity contribution < 1.29 is 14.8 Å². The minimum Gasteiger partial charge on any atom is -0.456 e. The molecule has 2 rings (SSSR count). The maximum Gasteiger partial charge on any atom is 0.331 e. The lowest BCUT2D eigenvalue weighted by atomic mass is 9.83. The highest BCUT2D eigenvalue weighted by atomic mass is 79.9. The zero-order valence-corrected chi connectivity index (χ0v) is 14.2. The van der Waals surface area contributed by atoms with E-state index in [1.54, 1.807) is 6.08 Å². The predicted molar refractivity (Wildman–Crippen MR) is 87.7 cm³/mol. The van der Waals surface area contributed by atoms with Crippen LogP contribution in [0, 0.1) is 5.92 Å². The molecular weight excluding hydrogens is 330 g/mol. The quantitative estimate of drug-likeness (QED) is 0.668. The summed E-state index contributed by atoms with van der Waals surface area (Å²) in [6, 6.07) is 7.82. The molecular formula is C17H23BrNO2+. The maximum atomic E-state index is 12.0. The van der Waals surface area contributed by atoms with Crippen LogP contribution in [0.25, 0.3) is 6.08 Å². The molecule has 0 spiro atoms. The Balaban J connectivity index is 1.94. The van der Waals surface area contributed by atoms with Crippen LogP contribution in [0.3, 0.4) is 0 Å². The Hall–Kier alpha value is -1.13. The van der Waals surface area contributed by atoms with E-state index in [0.29, 0.717) is 5.92 Å². The fraction of sp³-hybridized carbons (Fsp3) is 0.471. The second-order valence-corrected chi connectivity index (χ2v) is 6.97. The molecule has 0 aromatic heterocycles. The fourth-order valence-corrected chi connectivity index (χ4v) is 3.19. The standard InChI is InChI=1S/C17H22BrNO2/c1-17(2,14-8-10-19-11-9-14)21-16(20)7-6-13-4-3-5-15(18)12-13/h3-7,12,14,19H,8-11H2,1-2H3/p+1/b7-6+. The van der Waals surface area contributed by atoms with Gasteiger partial charge in [0.25, 0.3) is 0 Å². The number of halogens is 1. The Morgan fingerprint density at radius 1 is 1.38 bits per heavy atom. The molecule has 4 heteroatoms. The molecule has 0 amide bonds. The topological polar surface area (TPSA) is 42.9 Å². The van der Waals surface area contributed by atoms with Gasteiger partial charge in [-0.05, 0) is 37.6 Å². The van der Waals surface area contributed by atoms with Gasteiger partial charge in [-0.2, -0.15) is 0 Å². The number of nitrogens with two attached hydrogens (primary N) is 1. The van der Waals surface area contributed by atoms with Crippen molar-refractivity contribution in [2.45, 2.75) is 32.3 Å². The maximum absolute atomic E-state index is 12.0. The van der Waals surface area contributed by atoms with Gasteiger partial charge in [-0.15, -0.1) is 0 Å². The number of benzene rings is 1. The molecule has 1 heterocycles. The highest BCUT2D eigenvalue weighted by molar-refractivity contribution is 9.10. The number of hydrogen-bond acceptors (Lipinski definition) is 2. The first-order chi connectivity index (χ1) is 9.97. The van der Waals surface area contributed by atoms with Gasteiger partial charge >= 0.3 is 5.97 Å². The average Bonchev–Trinajstić information content (AvgIpc) is 2.46. The third-order valence-electron chi connectivity index (χ3n) is 4.05. The Kier molecular flexibility index (Phi) is 5.59. The number of esters is 1. The molecule has 21 heavy (non-hydrogen) atoms. The molecule has 0 radical (unpaired) electrons. The van der Waals surface area contributed by atoms with E-state index in [4.69, 9.17) is 4.74 Å². The fourth-order valence-electron chi connectivity index (χ4n) is 2.77. The van der Waals surface area contributed by atoms with Gasteiger partial charge in [0.2, 0.25) is 0 Å². The van der Waals surface area contributed by atoms with Crippen LogP contribution in [0.5, 0.6) is 0 Å². The molecule has 2 N–H and O–H groups in total. The molecule has 114 valence electrons. The van der Waals surface area contributed by atoms with Crippen LogP contribution >= 0.6 is 15.9 Å². The highest BCUT2D eigenvalue weighted by Crippen LogP contribution is 2.28. The van der Waals surface area contributed by atoms with Crippen LogP contribution in [-0.2, 0) is 9.53 Å². The average molecular weight is 353 g/mol. The van der Waals surface area contributed by atoms with Gasteiger partial charge in [-0.1, -0.05) is 28.1 Å². The van der Waals surface area contributed by atoms with Gasteiger partial charge in [0.1, 0.15) is 5.60 Å². The van der Waals surface area contributed by atoms with E-state index in [-0.39, 0.29) is 5.97 Å². The van der Waals surface area contributed by atoms with E-state index in [9.17, 15) is 4.79 Å². The Morgan fingerprint density at radius 2 is 2.10 bits per heavy atom. The summed E-state index contributed by atoms with van der Waals surface area (Å²) >= 11 is 3.42. The van der Waals surface area contributed by atoms with Crippen molar-refractivity contribution in [3.05, 3.63) is 40.4 Å². The zero-order valence-electron chi connectivity index (χ0n) is 12.6. The molecule has 0 bridgehead atoms. The second-order valence-electron chi connectivity index (χ2n) is 6.05. The summed E-state index contributed by atoms with van der Waals surface area (Å²) in [5.41, 5.74) is 0.582. The molecule has 1 aromatic carbocycles. The second kappa shape index (κ2) is 7.23. The molecule has 1 aliphatic heterocycles. The third kappa shape index (κ3) is 4.97. The first-order valence-electron chi connectivity index (χ1n) is 7.46. The molecule has 1 aliphatic rings. The minimum absolute atomic E-state index is 0.269. The number of carbonyl (C=O) groups is 1. The van der Waals surface area contributed by atoms with Gasteiger partial charge in [0.05, 0.1) is 13.1 Å². The van der Waals surface area contributed by atoms with Crippen molar-refractivity contribution in [2.75, 3.05) is 13.1 Å². The van der Waals surface area contributed by atoms with E-state index in [0.717, 1.165) is 36.0 Å². The Labute approximate surface area is 134 Å². The van der Waals surface area contributed by atoms with Crippen LogP contribution in [0.4, 0.5) is 0 Å². The highest BCUT2D eigenvalue weighted by Gasteiger charge is 2.34. The van der Waals surface area contributed by atoms with Crippen LogP contribution in [0.1, 0.15) is 32.3 Å². The third-order valence-corrected chi connectivity index (χ3v) is 4.54. The van der Waals surface area contributed by atoms with E-state index < -0.39 is 5.60 Å². The molecule has 0 aliphatic carbocycles. The van der Waals surface area contributed by atoms with Crippen molar-refractivity contribution in [3.63, 3.8) is 0 Å². The van der Waals surface area contributed by atoms with E-state index in [2.05, 4.69) is 21.2 Å². The van der Waals surface area contributed by atoms with Gasteiger partial charge in [-0.3, -0.25) is 0 Å². The van der Waals surface area contributed by atoms with Crippen molar-refractivity contribution in [1.82, 2.24) is 0 Å². The summed E-state index contributed by atoms with van der Waals surface area (Å²) in [7, 11) is 0. The van der Waals surface area contributed by atoms with E-state index >= 15 is 0 Å². The summed E-state index contributed by atoms with van der Waals surface area (Å²) < 4.78 is 6.67. The molecule has 0 saturated carbocycles. The molecule has 3 nitrogen and oxygen atoms in total. The van der Waals surface area contributed by atoms with Crippen LogP contribution < -0.4 is 5.32 Å². The summed E-state index contributed by atoms with van der Waals surface area (Å²) in [4.78, 5) is 12.0. The number of ether oxygens (including phenoxy) is 1. The van der Waals surface area contributed by atoms with Gasteiger partial charge in [0, 0.05) is 29.3 Å².